The highest BCUT2D eigenvalue weighted by molar-refractivity contribution is 6.31. The number of anilines is 1. The Labute approximate surface area is 130 Å². The van der Waals surface area contributed by atoms with Gasteiger partial charge in [-0.1, -0.05) is 29.8 Å². The monoisotopic (exact) mass is 301 g/mol. The number of aromatic nitrogens is 2. The Hall–Kier alpha value is -1.61. The van der Waals surface area contributed by atoms with Crippen LogP contribution in [0.5, 0.6) is 0 Å². The molecular formula is C17H20ClN3. The van der Waals surface area contributed by atoms with Crippen LogP contribution in [0.2, 0.25) is 5.02 Å². The van der Waals surface area contributed by atoms with Gasteiger partial charge in [0.15, 0.2) is 0 Å². The Morgan fingerprint density at radius 1 is 1.14 bits per heavy atom. The fourth-order valence-electron chi connectivity index (χ4n) is 2.88. The molecule has 0 saturated carbocycles. The van der Waals surface area contributed by atoms with Gasteiger partial charge in [-0.3, -0.25) is 0 Å². The maximum Gasteiger partial charge on any atom is 0.133 e. The van der Waals surface area contributed by atoms with Crippen LogP contribution in [0, 0.1) is 6.92 Å². The second-order valence-corrected chi connectivity index (χ2v) is 5.93. The minimum absolute atomic E-state index is 0.834. The average Bonchev–Trinajstić information content (AvgIpc) is 2.49. The Morgan fingerprint density at radius 3 is 2.81 bits per heavy atom. The summed E-state index contributed by atoms with van der Waals surface area (Å²) < 4.78 is 0. The van der Waals surface area contributed by atoms with Crippen molar-refractivity contribution in [3.8, 4) is 0 Å². The summed E-state index contributed by atoms with van der Waals surface area (Å²) in [6.45, 7) is 2.81. The van der Waals surface area contributed by atoms with Gasteiger partial charge in [0.05, 0.1) is 0 Å². The van der Waals surface area contributed by atoms with E-state index in [-0.39, 0.29) is 0 Å². The topological polar surface area (TPSA) is 37.8 Å². The highest BCUT2D eigenvalue weighted by atomic mass is 35.5. The van der Waals surface area contributed by atoms with Crippen molar-refractivity contribution in [1.29, 1.82) is 0 Å². The molecule has 4 heteroatoms. The molecule has 1 aliphatic carbocycles. The first-order valence-electron chi connectivity index (χ1n) is 7.57. The van der Waals surface area contributed by atoms with Crippen molar-refractivity contribution in [1.82, 2.24) is 9.97 Å². The molecule has 0 atom stereocenters. The van der Waals surface area contributed by atoms with Crippen LogP contribution in [0.4, 0.5) is 5.82 Å². The second-order valence-electron chi connectivity index (χ2n) is 5.52. The molecule has 3 nitrogen and oxygen atoms in total. The quantitative estimate of drug-likeness (QED) is 0.928. The van der Waals surface area contributed by atoms with Gasteiger partial charge in [0.2, 0.25) is 0 Å². The minimum atomic E-state index is 0.834. The van der Waals surface area contributed by atoms with Crippen LogP contribution in [0.1, 0.15) is 35.5 Å². The first-order valence-corrected chi connectivity index (χ1v) is 7.95. The fourth-order valence-corrected chi connectivity index (χ4v) is 3.11. The van der Waals surface area contributed by atoms with Crippen LogP contribution in [0.3, 0.4) is 0 Å². The summed E-state index contributed by atoms with van der Waals surface area (Å²) in [5, 5.41) is 4.31. The number of benzene rings is 1. The van der Waals surface area contributed by atoms with E-state index in [1.165, 1.54) is 29.7 Å². The molecule has 1 heterocycles. The average molecular weight is 302 g/mol. The van der Waals surface area contributed by atoms with Gasteiger partial charge in [-0.15, -0.1) is 0 Å². The van der Waals surface area contributed by atoms with Crippen LogP contribution >= 0.6 is 11.6 Å². The molecule has 1 N–H and O–H groups in total. The lowest BCUT2D eigenvalue weighted by Gasteiger charge is -2.19. The number of fused-ring (bicyclic) bond motifs is 1. The largest absolute Gasteiger partial charge is 0.369 e. The molecule has 21 heavy (non-hydrogen) atoms. The molecule has 0 bridgehead atoms. The number of halogens is 1. The third kappa shape index (κ3) is 3.35. The highest BCUT2D eigenvalue weighted by Crippen LogP contribution is 2.25. The van der Waals surface area contributed by atoms with Crippen LogP contribution in [0.25, 0.3) is 0 Å². The van der Waals surface area contributed by atoms with Gasteiger partial charge in [-0.25, -0.2) is 9.97 Å². The molecule has 0 amide bonds. The van der Waals surface area contributed by atoms with E-state index >= 15 is 0 Å². The van der Waals surface area contributed by atoms with Crippen molar-refractivity contribution in [2.45, 2.75) is 39.0 Å². The molecule has 0 saturated heterocycles. The van der Waals surface area contributed by atoms with E-state index in [0.717, 1.165) is 42.5 Å². The predicted octanol–water partition coefficient (Wildman–Crippen LogP) is 3.97. The summed E-state index contributed by atoms with van der Waals surface area (Å²) in [7, 11) is 0. The third-order valence-corrected chi connectivity index (χ3v) is 4.31. The number of hydrogen-bond donors (Lipinski definition) is 1. The number of nitrogens with zero attached hydrogens (tertiary/aromatic N) is 2. The molecule has 2 aromatic rings. The molecule has 0 aliphatic heterocycles. The number of rotatable bonds is 4. The van der Waals surface area contributed by atoms with Gasteiger partial charge < -0.3 is 5.32 Å². The first-order chi connectivity index (χ1) is 10.2. The van der Waals surface area contributed by atoms with Crippen LogP contribution < -0.4 is 5.32 Å². The summed E-state index contributed by atoms with van der Waals surface area (Å²) in [5.74, 6) is 1.88. The maximum atomic E-state index is 6.19. The van der Waals surface area contributed by atoms with Crippen molar-refractivity contribution in [2.75, 3.05) is 11.9 Å². The van der Waals surface area contributed by atoms with E-state index in [9.17, 15) is 0 Å². The lowest BCUT2D eigenvalue weighted by atomic mass is 9.96. The highest BCUT2D eigenvalue weighted by Gasteiger charge is 2.16. The van der Waals surface area contributed by atoms with Crippen molar-refractivity contribution in [3.05, 3.63) is 51.9 Å². The zero-order chi connectivity index (χ0) is 14.7. The summed E-state index contributed by atoms with van der Waals surface area (Å²) in [6.07, 6.45) is 5.54. The molecule has 1 aliphatic rings. The maximum absolute atomic E-state index is 6.19. The Morgan fingerprint density at radius 2 is 1.95 bits per heavy atom. The molecule has 0 fully saturated rings. The molecule has 3 rings (SSSR count). The van der Waals surface area contributed by atoms with E-state index < -0.39 is 0 Å². The normalized spacial score (nSPS) is 13.8. The summed E-state index contributed by atoms with van der Waals surface area (Å²) in [4.78, 5) is 9.17. The molecule has 1 aromatic heterocycles. The standard InChI is InChI=1S/C17H20ClN3/c1-12-20-16-9-5-3-7-14(16)17(21-12)19-11-10-13-6-2-4-8-15(13)18/h2,4,6,8H,3,5,7,9-11H2,1H3,(H,19,20,21). The summed E-state index contributed by atoms with van der Waals surface area (Å²) >= 11 is 6.19. The number of aryl methyl sites for hydroxylation is 2. The second kappa shape index (κ2) is 6.44. The van der Waals surface area contributed by atoms with E-state index in [1.54, 1.807) is 0 Å². The smallest absolute Gasteiger partial charge is 0.133 e. The molecule has 110 valence electrons. The van der Waals surface area contributed by atoms with E-state index in [0.29, 0.717) is 0 Å². The number of nitrogens with one attached hydrogen (secondary N) is 1. The van der Waals surface area contributed by atoms with Gasteiger partial charge >= 0.3 is 0 Å². The molecule has 0 unspecified atom stereocenters. The third-order valence-electron chi connectivity index (χ3n) is 3.94. The molecular weight excluding hydrogens is 282 g/mol. The fraction of sp³-hybridized carbons (Fsp3) is 0.412. The summed E-state index contributed by atoms with van der Waals surface area (Å²) in [6, 6.07) is 8.00. The van der Waals surface area contributed by atoms with Crippen LogP contribution in [0.15, 0.2) is 24.3 Å². The van der Waals surface area contributed by atoms with Crippen LogP contribution in [-0.4, -0.2) is 16.5 Å². The van der Waals surface area contributed by atoms with Gasteiger partial charge in [-0.05, 0) is 50.7 Å². The molecule has 0 radical (unpaired) electrons. The zero-order valence-corrected chi connectivity index (χ0v) is 13.1. The lowest BCUT2D eigenvalue weighted by Crippen LogP contribution is -2.15. The zero-order valence-electron chi connectivity index (χ0n) is 12.3. The van der Waals surface area contributed by atoms with Gasteiger partial charge in [0, 0.05) is 22.8 Å². The Bertz CT molecular complexity index is 640. The first kappa shape index (κ1) is 14.3. The van der Waals surface area contributed by atoms with Gasteiger partial charge in [-0.2, -0.15) is 0 Å². The van der Waals surface area contributed by atoms with Gasteiger partial charge in [0.1, 0.15) is 11.6 Å². The van der Waals surface area contributed by atoms with E-state index in [4.69, 9.17) is 11.6 Å². The molecule has 1 aromatic carbocycles. The Balaban J connectivity index is 1.71. The van der Waals surface area contributed by atoms with Crippen molar-refractivity contribution < 1.29 is 0 Å². The van der Waals surface area contributed by atoms with Crippen LogP contribution in [-0.2, 0) is 19.3 Å². The number of hydrogen-bond acceptors (Lipinski definition) is 3. The van der Waals surface area contributed by atoms with Crippen molar-refractivity contribution >= 4 is 17.4 Å². The summed E-state index contributed by atoms with van der Waals surface area (Å²) in [5.41, 5.74) is 3.71. The Kier molecular flexibility index (Phi) is 4.39. The van der Waals surface area contributed by atoms with Gasteiger partial charge in [0.25, 0.3) is 0 Å². The predicted molar refractivity (Wildman–Crippen MR) is 87.1 cm³/mol. The van der Waals surface area contributed by atoms with Crippen molar-refractivity contribution in [2.24, 2.45) is 0 Å². The molecule has 0 spiro atoms. The minimum Gasteiger partial charge on any atom is -0.369 e. The van der Waals surface area contributed by atoms with E-state index in [1.807, 2.05) is 25.1 Å². The van der Waals surface area contributed by atoms with Crippen molar-refractivity contribution in [3.63, 3.8) is 0 Å². The SMILES string of the molecule is Cc1nc2c(c(NCCc3ccccc3Cl)n1)CCCC2. The van der Waals surface area contributed by atoms with E-state index in [2.05, 4.69) is 21.4 Å². The lowest BCUT2D eigenvalue weighted by molar-refractivity contribution is 0.659.